The molecule has 0 aliphatic carbocycles. The van der Waals surface area contributed by atoms with Gasteiger partial charge in [0.25, 0.3) is 0 Å². The SMILES string of the molecule is Cc1cc(Cl)ccc1S(=O)(=O)N(C)CC1CCNCC1. The summed E-state index contributed by atoms with van der Waals surface area (Å²) in [6.07, 6.45) is 2.05. The van der Waals surface area contributed by atoms with E-state index in [0.717, 1.165) is 25.9 Å². The highest BCUT2D eigenvalue weighted by Gasteiger charge is 2.26. The lowest BCUT2D eigenvalue weighted by Gasteiger charge is -2.27. The van der Waals surface area contributed by atoms with E-state index in [9.17, 15) is 8.42 Å². The monoisotopic (exact) mass is 316 g/mol. The molecular weight excluding hydrogens is 296 g/mol. The number of hydrogen-bond acceptors (Lipinski definition) is 3. The number of nitrogens with one attached hydrogen (secondary N) is 1. The van der Waals surface area contributed by atoms with Crippen LogP contribution < -0.4 is 5.32 Å². The van der Waals surface area contributed by atoms with Gasteiger partial charge in [0.1, 0.15) is 0 Å². The molecule has 1 N–H and O–H groups in total. The highest BCUT2D eigenvalue weighted by Crippen LogP contribution is 2.24. The van der Waals surface area contributed by atoms with Crippen molar-refractivity contribution in [1.82, 2.24) is 9.62 Å². The van der Waals surface area contributed by atoms with Crippen LogP contribution in [0.2, 0.25) is 5.02 Å². The molecule has 20 heavy (non-hydrogen) atoms. The van der Waals surface area contributed by atoms with Crippen LogP contribution in [0.3, 0.4) is 0 Å². The van der Waals surface area contributed by atoms with Crippen LogP contribution >= 0.6 is 11.6 Å². The van der Waals surface area contributed by atoms with E-state index in [1.165, 1.54) is 4.31 Å². The van der Waals surface area contributed by atoms with Crippen molar-refractivity contribution in [3.63, 3.8) is 0 Å². The van der Waals surface area contributed by atoms with E-state index < -0.39 is 10.0 Å². The van der Waals surface area contributed by atoms with Crippen LogP contribution in [0.15, 0.2) is 23.1 Å². The first-order chi connectivity index (χ1) is 9.41. The van der Waals surface area contributed by atoms with Crippen molar-refractivity contribution in [1.29, 1.82) is 0 Å². The van der Waals surface area contributed by atoms with E-state index in [2.05, 4.69) is 5.32 Å². The van der Waals surface area contributed by atoms with Gasteiger partial charge in [-0.2, -0.15) is 0 Å². The Kier molecular flexibility index (Phi) is 5.07. The zero-order chi connectivity index (χ0) is 14.8. The van der Waals surface area contributed by atoms with E-state index in [1.54, 1.807) is 32.2 Å². The zero-order valence-corrected chi connectivity index (χ0v) is 13.5. The van der Waals surface area contributed by atoms with E-state index in [4.69, 9.17) is 11.6 Å². The highest BCUT2D eigenvalue weighted by molar-refractivity contribution is 7.89. The van der Waals surface area contributed by atoms with Gasteiger partial charge in [-0.25, -0.2) is 12.7 Å². The summed E-state index contributed by atoms with van der Waals surface area (Å²) in [5.41, 5.74) is 0.690. The summed E-state index contributed by atoms with van der Waals surface area (Å²) in [5.74, 6) is 0.434. The molecule has 1 aliphatic heterocycles. The van der Waals surface area contributed by atoms with Crippen molar-refractivity contribution in [3.8, 4) is 0 Å². The molecule has 0 atom stereocenters. The number of halogens is 1. The summed E-state index contributed by atoms with van der Waals surface area (Å²) in [6.45, 7) is 4.29. The summed E-state index contributed by atoms with van der Waals surface area (Å²) in [6, 6.07) is 4.90. The lowest BCUT2D eigenvalue weighted by Crippen LogP contribution is -2.37. The van der Waals surface area contributed by atoms with E-state index in [1.807, 2.05) is 0 Å². The number of nitrogens with zero attached hydrogens (tertiary/aromatic N) is 1. The Morgan fingerprint density at radius 1 is 1.35 bits per heavy atom. The molecule has 0 amide bonds. The van der Waals surface area contributed by atoms with Crippen LogP contribution in [-0.2, 0) is 10.0 Å². The Balaban J connectivity index is 2.16. The molecule has 0 spiro atoms. The molecule has 0 unspecified atom stereocenters. The van der Waals surface area contributed by atoms with Crippen molar-refractivity contribution >= 4 is 21.6 Å². The van der Waals surface area contributed by atoms with Gasteiger partial charge in [-0.05, 0) is 62.5 Å². The molecule has 0 saturated carbocycles. The van der Waals surface area contributed by atoms with Crippen LogP contribution in [0, 0.1) is 12.8 Å². The molecule has 6 heteroatoms. The molecule has 1 aromatic carbocycles. The minimum Gasteiger partial charge on any atom is -0.317 e. The summed E-state index contributed by atoms with van der Waals surface area (Å²) in [7, 11) is -1.77. The van der Waals surface area contributed by atoms with Crippen molar-refractivity contribution in [2.75, 3.05) is 26.7 Å². The molecule has 2 rings (SSSR count). The fraction of sp³-hybridized carbons (Fsp3) is 0.571. The third-order valence-corrected chi connectivity index (χ3v) is 6.02. The average Bonchev–Trinajstić information content (AvgIpc) is 2.39. The zero-order valence-electron chi connectivity index (χ0n) is 11.9. The van der Waals surface area contributed by atoms with Gasteiger partial charge in [-0.15, -0.1) is 0 Å². The summed E-state index contributed by atoms with van der Waals surface area (Å²) in [4.78, 5) is 0.346. The maximum atomic E-state index is 12.6. The summed E-state index contributed by atoms with van der Waals surface area (Å²) < 4.78 is 26.7. The van der Waals surface area contributed by atoms with Crippen molar-refractivity contribution in [3.05, 3.63) is 28.8 Å². The molecule has 1 fully saturated rings. The Bertz CT molecular complexity index is 569. The molecule has 4 nitrogen and oxygen atoms in total. The Hall–Kier alpha value is -0.620. The van der Waals surface area contributed by atoms with Gasteiger partial charge in [0.05, 0.1) is 4.90 Å². The fourth-order valence-electron chi connectivity index (χ4n) is 2.60. The first kappa shape index (κ1) is 15.8. The first-order valence-electron chi connectivity index (χ1n) is 6.84. The van der Waals surface area contributed by atoms with Gasteiger partial charge in [-0.3, -0.25) is 0 Å². The highest BCUT2D eigenvalue weighted by atomic mass is 35.5. The van der Waals surface area contributed by atoms with Gasteiger partial charge in [0, 0.05) is 18.6 Å². The average molecular weight is 317 g/mol. The minimum absolute atomic E-state index is 0.346. The first-order valence-corrected chi connectivity index (χ1v) is 8.66. The summed E-state index contributed by atoms with van der Waals surface area (Å²) in [5, 5.41) is 3.85. The molecular formula is C14H21ClN2O2S. The Labute approximate surface area is 126 Å². The Morgan fingerprint density at radius 3 is 2.60 bits per heavy atom. The second-order valence-electron chi connectivity index (χ2n) is 5.39. The minimum atomic E-state index is -3.43. The van der Waals surface area contributed by atoms with E-state index in [-0.39, 0.29) is 0 Å². The second kappa shape index (κ2) is 6.43. The van der Waals surface area contributed by atoms with E-state index >= 15 is 0 Å². The third-order valence-electron chi connectivity index (χ3n) is 3.80. The van der Waals surface area contributed by atoms with Gasteiger partial charge >= 0.3 is 0 Å². The van der Waals surface area contributed by atoms with Crippen LogP contribution in [0.4, 0.5) is 0 Å². The number of sulfonamides is 1. The van der Waals surface area contributed by atoms with Gasteiger partial charge in [0.2, 0.25) is 10.0 Å². The number of benzene rings is 1. The molecule has 0 aromatic heterocycles. The topological polar surface area (TPSA) is 49.4 Å². The number of hydrogen-bond donors (Lipinski definition) is 1. The van der Waals surface area contributed by atoms with Crippen molar-refractivity contribution in [2.24, 2.45) is 5.92 Å². The maximum Gasteiger partial charge on any atom is 0.243 e. The number of aryl methyl sites for hydroxylation is 1. The standard InChI is InChI=1S/C14H21ClN2O2S/c1-11-9-13(15)3-4-14(11)20(18,19)17(2)10-12-5-7-16-8-6-12/h3-4,9,12,16H,5-8,10H2,1-2H3. The predicted octanol–water partition coefficient (Wildman–Crippen LogP) is 2.27. The molecule has 1 aliphatic rings. The number of rotatable bonds is 4. The van der Waals surface area contributed by atoms with Gasteiger partial charge in [-0.1, -0.05) is 11.6 Å². The smallest absolute Gasteiger partial charge is 0.243 e. The largest absolute Gasteiger partial charge is 0.317 e. The molecule has 0 radical (unpaired) electrons. The van der Waals surface area contributed by atoms with Crippen molar-refractivity contribution < 1.29 is 8.42 Å². The van der Waals surface area contributed by atoms with Crippen molar-refractivity contribution in [2.45, 2.75) is 24.7 Å². The lowest BCUT2D eigenvalue weighted by molar-refractivity contribution is 0.311. The number of piperidine rings is 1. The maximum absolute atomic E-state index is 12.6. The van der Waals surface area contributed by atoms with Gasteiger partial charge < -0.3 is 5.32 Å². The molecule has 1 heterocycles. The normalized spacial score (nSPS) is 17.6. The van der Waals surface area contributed by atoms with Crippen LogP contribution in [-0.4, -0.2) is 39.4 Å². The third kappa shape index (κ3) is 3.52. The predicted molar refractivity (Wildman–Crippen MR) is 81.6 cm³/mol. The molecule has 1 aromatic rings. The van der Waals surface area contributed by atoms with Gasteiger partial charge in [0.15, 0.2) is 0 Å². The Morgan fingerprint density at radius 2 is 2.00 bits per heavy atom. The second-order valence-corrected chi connectivity index (χ2v) is 7.84. The van der Waals surface area contributed by atoms with E-state index in [0.29, 0.717) is 27.9 Å². The van der Waals surface area contributed by atoms with Crippen LogP contribution in [0.1, 0.15) is 18.4 Å². The molecule has 0 bridgehead atoms. The summed E-state index contributed by atoms with van der Waals surface area (Å²) >= 11 is 5.89. The van der Waals surface area contributed by atoms with Crippen LogP contribution in [0.5, 0.6) is 0 Å². The fourth-order valence-corrected chi connectivity index (χ4v) is 4.27. The quantitative estimate of drug-likeness (QED) is 0.927. The van der Waals surface area contributed by atoms with Crippen LogP contribution in [0.25, 0.3) is 0 Å². The molecule has 112 valence electrons. The molecule has 1 saturated heterocycles. The lowest BCUT2D eigenvalue weighted by atomic mass is 9.98.